The Labute approximate surface area is 198 Å². The van der Waals surface area contributed by atoms with Gasteiger partial charge < -0.3 is 14.8 Å². The van der Waals surface area contributed by atoms with E-state index in [9.17, 15) is 19.2 Å². The van der Waals surface area contributed by atoms with Crippen molar-refractivity contribution < 1.29 is 28.7 Å². The van der Waals surface area contributed by atoms with Crippen LogP contribution in [0, 0.1) is 13.8 Å². The van der Waals surface area contributed by atoms with Gasteiger partial charge in [-0.05, 0) is 72.1 Å². The lowest BCUT2D eigenvalue weighted by atomic mass is 10.1. The van der Waals surface area contributed by atoms with Gasteiger partial charge in [0.25, 0.3) is 17.7 Å². The smallest absolute Gasteiger partial charge is 0.328 e. The van der Waals surface area contributed by atoms with E-state index in [1.165, 1.54) is 6.08 Å². The third-order valence-electron chi connectivity index (χ3n) is 4.59. The number of amides is 5. The van der Waals surface area contributed by atoms with Crippen LogP contribution in [0.15, 0.2) is 40.4 Å². The van der Waals surface area contributed by atoms with Crippen molar-refractivity contribution in [3.8, 4) is 11.5 Å². The number of nitrogens with one attached hydrogen (secondary N) is 3. The van der Waals surface area contributed by atoms with Crippen molar-refractivity contribution in [1.82, 2.24) is 10.6 Å². The molecule has 1 saturated heterocycles. The number of hydrogen-bond acceptors (Lipinski definition) is 6. The monoisotopic (exact) mass is 515 g/mol. The van der Waals surface area contributed by atoms with E-state index in [4.69, 9.17) is 9.47 Å². The third kappa shape index (κ3) is 5.98. The number of imide groups is 2. The predicted octanol–water partition coefficient (Wildman–Crippen LogP) is 3.23. The van der Waals surface area contributed by atoms with Crippen molar-refractivity contribution >= 4 is 51.4 Å². The SMILES string of the molecule is CCOc1cc(C=C2C(=O)NC(=O)NC2=O)cc(Br)c1OCC(=O)Nc1ccc(C)cc1C. The zero-order valence-electron chi connectivity index (χ0n) is 18.2. The lowest BCUT2D eigenvalue weighted by Gasteiger charge is -2.16. The number of hydrogen-bond donors (Lipinski definition) is 3. The highest BCUT2D eigenvalue weighted by molar-refractivity contribution is 9.10. The van der Waals surface area contributed by atoms with Crippen LogP contribution in [0.1, 0.15) is 23.6 Å². The maximum Gasteiger partial charge on any atom is 0.328 e. The molecule has 1 aliphatic heterocycles. The zero-order chi connectivity index (χ0) is 24.1. The third-order valence-corrected chi connectivity index (χ3v) is 5.18. The normalized spacial score (nSPS) is 13.2. The van der Waals surface area contributed by atoms with Crippen LogP contribution in [0.2, 0.25) is 0 Å². The number of anilines is 1. The summed E-state index contributed by atoms with van der Waals surface area (Å²) in [7, 11) is 0. The molecule has 5 amide bonds. The maximum atomic E-state index is 12.4. The van der Waals surface area contributed by atoms with Gasteiger partial charge in [0, 0.05) is 5.69 Å². The summed E-state index contributed by atoms with van der Waals surface area (Å²) in [6.07, 6.45) is 1.32. The van der Waals surface area contributed by atoms with Crippen molar-refractivity contribution in [2.45, 2.75) is 20.8 Å². The molecule has 9 nitrogen and oxygen atoms in total. The summed E-state index contributed by atoms with van der Waals surface area (Å²) in [5.74, 6) is -1.35. The first-order valence-corrected chi connectivity index (χ1v) is 10.8. The van der Waals surface area contributed by atoms with E-state index < -0.39 is 17.8 Å². The maximum absolute atomic E-state index is 12.4. The summed E-state index contributed by atoms with van der Waals surface area (Å²) < 4.78 is 11.8. The largest absolute Gasteiger partial charge is 0.490 e. The van der Waals surface area contributed by atoms with Crippen LogP contribution in [0.25, 0.3) is 6.08 Å². The number of urea groups is 1. The van der Waals surface area contributed by atoms with Gasteiger partial charge >= 0.3 is 6.03 Å². The molecule has 0 spiro atoms. The second-order valence-corrected chi connectivity index (χ2v) is 8.07. The Morgan fingerprint density at radius 2 is 1.76 bits per heavy atom. The number of rotatable bonds is 7. The number of carbonyl (C=O) groups excluding carboxylic acids is 4. The van der Waals surface area contributed by atoms with E-state index >= 15 is 0 Å². The number of halogens is 1. The molecule has 2 aromatic carbocycles. The van der Waals surface area contributed by atoms with Crippen molar-refractivity contribution in [3.63, 3.8) is 0 Å². The van der Waals surface area contributed by atoms with Crippen LogP contribution in [0.3, 0.4) is 0 Å². The molecular weight excluding hydrogens is 494 g/mol. The van der Waals surface area contributed by atoms with Gasteiger partial charge in [-0.1, -0.05) is 17.7 Å². The lowest BCUT2D eigenvalue weighted by molar-refractivity contribution is -0.124. The second kappa shape index (κ2) is 10.3. The average Bonchev–Trinajstić information content (AvgIpc) is 2.72. The summed E-state index contributed by atoms with van der Waals surface area (Å²) in [5.41, 5.74) is 2.95. The summed E-state index contributed by atoms with van der Waals surface area (Å²) in [6.45, 7) is 5.71. The highest BCUT2D eigenvalue weighted by atomic mass is 79.9. The molecule has 10 heteroatoms. The van der Waals surface area contributed by atoms with Gasteiger partial charge in [-0.3, -0.25) is 25.0 Å². The molecular formula is C23H22BrN3O6. The minimum absolute atomic E-state index is 0.231. The predicted molar refractivity (Wildman–Crippen MR) is 125 cm³/mol. The summed E-state index contributed by atoms with van der Waals surface area (Å²) >= 11 is 3.39. The minimum Gasteiger partial charge on any atom is -0.490 e. The highest BCUT2D eigenvalue weighted by Gasteiger charge is 2.28. The quantitative estimate of drug-likeness (QED) is 0.384. The van der Waals surface area contributed by atoms with E-state index in [2.05, 4.69) is 21.2 Å². The number of aryl methyl sites for hydroxylation is 2. The van der Waals surface area contributed by atoms with Gasteiger partial charge in [-0.15, -0.1) is 0 Å². The molecule has 1 heterocycles. The van der Waals surface area contributed by atoms with Crippen molar-refractivity contribution in [2.24, 2.45) is 0 Å². The minimum atomic E-state index is -0.874. The number of carbonyl (C=O) groups is 4. The summed E-state index contributed by atoms with van der Waals surface area (Å²) in [6, 6.07) is 8.00. The molecule has 0 radical (unpaired) electrons. The van der Waals surface area contributed by atoms with Crippen LogP contribution in [0.4, 0.5) is 10.5 Å². The zero-order valence-corrected chi connectivity index (χ0v) is 19.8. The number of ether oxygens (including phenoxy) is 2. The Balaban J connectivity index is 1.79. The van der Waals surface area contributed by atoms with Gasteiger partial charge in [0.15, 0.2) is 18.1 Å². The first-order valence-electron chi connectivity index (χ1n) is 10.0. The van der Waals surface area contributed by atoms with Gasteiger partial charge in [0.2, 0.25) is 0 Å². The Morgan fingerprint density at radius 1 is 1.06 bits per heavy atom. The fourth-order valence-corrected chi connectivity index (χ4v) is 3.70. The fraction of sp³-hybridized carbons (Fsp3) is 0.217. The standard InChI is InChI=1S/C23H22BrN3O6/c1-4-32-18-10-14(8-15-21(29)26-23(31)27-22(15)30)9-16(24)20(18)33-11-19(28)25-17-6-5-12(2)7-13(17)3/h5-10H,4,11H2,1-3H3,(H,25,28)(H2,26,27,29,30,31). The lowest BCUT2D eigenvalue weighted by Crippen LogP contribution is -2.51. The van der Waals surface area contributed by atoms with Crippen molar-refractivity contribution in [3.05, 3.63) is 57.1 Å². The Bertz CT molecular complexity index is 1150. The molecule has 33 heavy (non-hydrogen) atoms. The first-order chi connectivity index (χ1) is 15.7. The molecule has 0 unspecified atom stereocenters. The van der Waals surface area contributed by atoms with E-state index in [-0.39, 0.29) is 18.1 Å². The van der Waals surface area contributed by atoms with Crippen molar-refractivity contribution in [1.29, 1.82) is 0 Å². The average molecular weight is 516 g/mol. The van der Waals surface area contributed by atoms with Crippen LogP contribution in [-0.2, 0) is 14.4 Å². The molecule has 3 N–H and O–H groups in total. The number of benzene rings is 2. The van der Waals surface area contributed by atoms with Crippen molar-refractivity contribution in [2.75, 3.05) is 18.5 Å². The van der Waals surface area contributed by atoms with Crippen LogP contribution < -0.4 is 25.4 Å². The van der Waals surface area contributed by atoms with Crippen LogP contribution in [0.5, 0.6) is 11.5 Å². The fourth-order valence-electron chi connectivity index (χ4n) is 3.13. The first kappa shape index (κ1) is 24.0. The van der Waals surface area contributed by atoms with Gasteiger partial charge in [0.1, 0.15) is 5.57 Å². The van der Waals surface area contributed by atoms with E-state index in [1.807, 2.05) is 42.7 Å². The summed E-state index contributed by atoms with van der Waals surface area (Å²) in [4.78, 5) is 47.6. The Morgan fingerprint density at radius 3 is 2.39 bits per heavy atom. The Hall–Kier alpha value is -3.66. The van der Waals surface area contributed by atoms with E-state index in [1.54, 1.807) is 19.1 Å². The molecule has 3 rings (SSSR count). The number of barbiturate groups is 1. The van der Waals surface area contributed by atoms with Crippen LogP contribution >= 0.6 is 15.9 Å². The second-order valence-electron chi connectivity index (χ2n) is 7.21. The molecule has 172 valence electrons. The Kier molecular flexibility index (Phi) is 7.49. The molecule has 0 aromatic heterocycles. The van der Waals surface area contributed by atoms with Gasteiger partial charge in [-0.25, -0.2) is 4.79 Å². The molecule has 2 aromatic rings. The topological polar surface area (TPSA) is 123 Å². The van der Waals surface area contributed by atoms with E-state index in [0.717, 1.165) is 11.1 Å². The molecule has 0 saturated carbocycles. The van der Waals surface area contributed by atoms with Crippen LogP contribution in [-0.4, -0.2) is 37.0 Å². The molecule has 0 atom stereocenters. The summed E-state index contributed by atoms with van der Waals surface area (Å²) in [5, 5.41) is 6.84. The van der Waals surface area contributed by atoms with E-state index in [0.29, 0.717) is 33.8 Å². The van der Waals surface area contributed by atoms with Gasteiger partial charge in [0.05, 0.1) is 11.1 Å². The molecule has 0 bridgehead atoms. The molecule has 0 aliphatic carbocycles. The molecule has 1 aliphatic rings. The van der Waals surface area contributed by atoms with Gasteiger partial charge in [-0.2, -0.15) is 0 Å². The highest BCUT2D eigenvalue weighted by Crippen LogP contribution is 2.37. The molecule has 1 fully saturated rings.